The van der Waals surface area contributed by atoms with Crippen LogP contribution in [0.25, 0.3) is 10.4 Å². The molecular formula is C12H6N2O2S. The zero-order valence-electron chi connectivity index (χ0n) is 8.64. The molecule has 82 valence electrons. The molecule has 2 rings (SSSR count). The van der Waals surface area contributed by atoms with Gasteiger partial charge in [-0.3, -0.25) is 0 Å². The van der Waals surface area contributed by atoms with Crippen LogP contribution >= 0.6 is 0 Å². The van der Waals surface area contributed by atoms with Gasteiger partial charge in [0.25, 0.3) is 5.70 Å². The van der Waals surface area contributed by atoms with E-state index in [4.69, 9.17) is 11.8 Å². The van der Waals surface area contributed by atoms with Crippen LogP contribution < -0.4 is 0 Å². The van der Waals surface area contributed by atoms with Gasteiger partial charge >= 0.3 is 0 Å². The number of sulfone groups is 1. The predicted molar refractivity (Wildman–Crippen MR) is 61.9 cm³/mol. The number of benzene rings is 1. The number of hydrogen-bond acceptors (Lipinski definition) is 3. The van der Waals surface area contributed by atoms with Crippen molar-refractivity contribution < 1.29 is 8.42 Å². The third-order valence-electron chi connectivity index (χ3n) is 2.50. The van der Waals surface area contributed by atoms with E-state index >= 15 is 0 Å². The Balaban J connectivity index is 2.96. The molecule has 0 bridgehead atoms. The second-order valence-corrected chi connectivity index (χ2v) is 5.31. The van der Waals surface area contributed by atoms with Gasteiger partial charge in [-0.15, -0.1) is 0 Å². The van der Waals surface area contributed by atoms with Crippen molar-refractivity contribution in [1.82, 2.24) is 0 Å². The lowest BCUT2D eigenvalue weighted by Gasteiger charge is -1.98. The van der Waals surface area contributed by atoms with Crippen LogP contribution in [-0.2, 0) is 9.84 Å². The summed E-state index contributed by atoms with van der Waals surface area (Å²) in [7, 11) is -3.65. The average molecular weight is 242 g/mol. The molecule has 1 aliphatic rings. The van der Waals surface area contributed by atoms with Gasteiger partial charge in [0.05, 0.1) is 22.4 Å². The Labute approximate surface area is 98.9 Å². The van der Waals surface area contributed by atoms with Gasteiger partial charge in [0, 0.05) is 5.57 Å². The maximum Gasteiger partial charge on any atom is 0.270 e. The normalized spacial score (nSPS) is 19.1. The highest BCUT2D eigenvalue weighted by atomic mass is 32.2. The number of nitrogens with zero attached hydrogens (tertiary/aromatic N) is 2. The summed E-state index contributed by atoms with van der Waals surface area (Å²) >= 11 is 0. The summed E-state index contributed by atoms with van der Waals surface area (Å²) in [4.78, 5) is 2.98. The largest absolute Gasteiger partial charge is 0.270 e. The van der Waals surface area contributed by atoms with Crippen LogP contribution in [0, 0.1) is 17.9 Å². The molecule has 0 aromatic heterocycles. The first-order valence-corrected chi connectivity index (χ1v) is 6.08. The standard InChI is InChI=1S/C12H6N2O2S/c1-8-12(10(7-13)14-2)9-5-3-4-6-11(9)17(8,15)16/h3-6H,1H2. The van der Waals surface area contributed by atoms with Gasteiger partial charge in [-0.05, 0) is 11.6 Å². The smallest absolute Gasteiger partial charge is 0.226 e. The second kappa shape index (κ2) is 3.58. The van der Waals surface area contributed by atoms with Crippen LogP contribution in [0.2, 0.25) is 0 Å². The summed E-state index contributed by atoms with van der Waals surface area (Å²) in [6.45, 7) is 10.4. The van der Waals surface area contributed by atoms with Crippen LogP contribution in [0.3, 0.4) is 0 Å². The van der Waals surface area contributed by atoms with Gasteiger partial charge in [0.15, 0.2) is 0 Å². The van der Waals surface area contributed by atoms with Crippen molar-refractivity contribution in [2.24, 2.45) is 0 Å². The van der Waals surface area contributed by atoms with Gasteiger partial charge in [0.1, 0.15) is 0 Å². The predicted octanol–water partition coefficient (Wildman–Crippen LogP) is 2.14. The summed E-state index contributed by atoms with van der Waals surface area (Å²) in [5.74, 6) is 0. The number of fused-ring (bicyclic) bond motifs is 1. The van der Waals surface area contributed by atoms with Crippen LogP contribution in [0.1, 0.15) is 5.56 Å². The monoisotopic (exact) mass is 242 g/mol. The van der Waals surface area contributed by atoms with Gasteiger partial charge in [-0.25, -0.2) is 18.5 Å². The molecule has 1 aromatic carbocycles. The first-order chi connectivity index (χ1) is 8.04. The fraction of sp³-hybridized carbons (Fsp3) is 0. The van der Waals surface area contributed by atoms with Crippen molar-refractivity contribution in [3.8, 4) is 6.07 Å². The van der Waals surface area contributed by atoms with Gasteiger partial charge < -0.3 is 0 Å². The van der Waals surface area contributed by atoms with Crippen molar-refractivity contribution in [2.75, 3.05) is 0 Å². The van der Waals surface area contributed by atoms with Crippen molar-refractivity contribution in [2.45, 2.75) is 4.90 Å². The number of hydrogen-bond donors (Lipinski definition) is 0. The van der Waals surface area contributed by atoms with Gasteiger partial charge in [-0.1, -0.05) is 24.8 Å². The highest BCUT2D eigenvalue weighted by Gasteiger charge is 2.36. The minimum Gasteiger partial charge on any atom is -0.226 e. The minimum atomic E-state index is -3.65. The molecule has 0 unspecified atom stereocenters. The Morgan fingerprint density at radius 3 is 2.65 bits per heavy atom. The third-order valence-corrected chi connectivity index (χ3v) is 4.29. The van der Waals surface area contributed by atoms with E-state index in [-0.39, 0.29) is 21.1 Å². The Hall–Kier alpha value is -2.37. The zero-order chi connectivity index (χ0) is 12.6. The third kappa shape index (κ3) is 1.37. The van der Waals surface area contributed by atoms with E-state index in [1.165, 1.54) is 6.07 Å². The van der Waals surface area contributed by atoms with E-state index < -0.39 is 9.84 Å². The minimum absolute atomic E-state index is 0.108. The summed E-state index contributed by atoms with van der Waals surface area (Å²) in [6.07, 6.45) is 0. The topological polar surface area (TPSA) is 62.3 Å². The molecular weight excluding hydrogens is 236 g/mol. The molecule has 4 nitrogen and oxygen atoms in total. The van der Waals surface area contributed by atoms with Crippen molar-refractivity contribution in [3.63, 3.8) is 0 Å². The zero-order valence-corrected chi connectivity index (χ0v) is 9.45. The van der Waals surface area contributed by atoms with E-state index in [0.717, 1.165) is 0 Å². The fourth-order valence-corrected chi connectivity index (χ4v) is 3.18. The van der Waals surface area contributed by atoms with Gasteiger partial charge in [-0.2, -0.15) is 0 Å². The summed E-state index contributed by atoms with van der Waals surface area (Å²) in [5.41, 5.74) is 0.256. The van der Waals surface area contributed by atoms with Crippen LogP contribution in [0.4, 0.5) is 0 Å². The number of allylic oxidation sites excluding steroid dienone is 2. The lowest BCUT2D eigenvalue weighted by Crippen LogP contribution is -1.96. The molecule has 1 aliphatic heterocycles. The molecule has 0 atom stereocenters. The lowest BCUT2D eigenvalue weighted by molar-refractivity contribution is 0.604. The maximum atomic E-state index is 12.0. The molecule has 0 saturated heterocycles. The van der Waals surface area contributed by atoms with E-state index in [2.05, 4.69) is 11.4 Å². The first kappa shape index (κ1) is 11.1. The highest BCUT2D eigenvalue weighted by molar-refractivity contribution is 7.96. The van der Waals surface area contributed by atoms with Crippen molar-refractivity contribution in [3.05, 3.63) is 58.4 Å². The molecule has 1 heterocycles. The Morgan fingerprint density at radius 2 is 2.06 bits per heavy atom. The van der Waals surface area contributed by atoms with E-state index in [1.54, 1.807) is 24.3 Å². The van der Waals surface area contributed by atoms with Crippen LogP contribution in [0.5, 0.6) is 0 Å². The molecule has 0 radical (unpaired) electrons. The summed E-state index contributed by atoms with van der Waals surface area (Å²) in [6, 6.07) is 7.97. The lowest BCUT2D eigenvalue weighted by atomic mass is 10.0. The van der Waals surface area contributed by atoms with Crippen molar-refractivity contribution in [1.29, 1.82) is 5.26 Å². The van der Waals surface area contributed by atoms with Crippen LogP contribution in [0.15, 0.2) is 46.3 Å². The fourth-order valence-electron chi connectivity index (χ4n) is 1.72. The summed E-state index contributed by atoms with van der Waals surface area (Å²) in [5, 5.41) is 8.84. The second-order valence-electron chi connectivity index (χ2n) is 3.37. The molecule has 0 N–H and O–H groups in total. The molecule has 17 heavy (non-hydrogen) atoms. The SMILES string of the molecule is [C-]#[N+]C(C#N)=C1C(=C)S(=O)(=O)c2ccccc21. The summed E-state index contributed by atoms with van der Waals surface area (Å²) < 4.78 is 24.0. The number of rotatable bonds is 0. The Morgan fingerprint density at radius 1 is 1.41 bits per heavy atom. The molecule has 1 aromatic rings. The molecule has 0 amide bonds. The average Bonchev–Trinajstić information content (AvgIpc) is 2.53. The van der Waals surface area contributed by atoms with E-state index in [1.807, 2.05) is 0 Å². The maximum absolute atomic E-state index is 12.0. The van der Waals surface area contributed by atoms with Gasteiger partial charge in [0.2, 0.25) is 9.84 Å². The quantitative estimate of drug-likeness (QED) is 0.517. The Bertz CT molecular complexity index is 727. The molecule has 0 fully saturated rings. The molecule has 0 spiro atoms. The van der Waals surface area contributed by atoms with Crippen molar-refractivity contribution >= 4 is 15.4 Å². The molecule has 0 aliphatic carbocycles. The number of nitriles is 1. The Kier molecular flexibility index (Phi) is 2.35. The molecule has 0 saturated carbocycles. The van der Waals surface area contributed by atoms with Crippen LogP contribution in [-0.4, -0.2) is 8.42 Å². The van der Waals surface area contributed by atoms with E-state index in [9.17, 15) is 8.42 Å². The first-order valence-electron chi connectivity index (χ1n) is 4.59. The van der Waals surface area contributed by atoms with E-state index in [0.29, 0.717) is 5.56 Å². The highest BCUT2D eigenvalue weighted by Crippen LogP contribution is 2.43. The molecule has 5 heteroatoms.